The van der Waals surface area contributed by atoms with Crippen LogP contribution in [0.2, 0.25) is 0 Å². The van der Waals surface area contributed by atoms with Crippen molar-refractivity contribution in [2.75, 3.05) is 56.9 Å². The lowest BCUT2D eigenvalue weighted by Gasteiger charge is -2.26. The van der Waals surface area contributed by atoms with Crippen molar-refractivity contribution in [1.82, 2.24) is 24.6 Å². The second-order valence-corrected chi connectivity index (χ2v) is 11.2. The Morgan fingerprint density at radius 3 is 2.46 bits per heavy atom. The number of likely N-dealkylation sites (N-methyl/N-ethyl adjacent to an activating group) is 2. The van der Waals surface area contributed by atoms with Gasteiger partial charge in [-0.2, -0.15) is 10.1 Å². The monoisotopic (exact) mass is 624 g/mol. The molecule has 1 aliphatic carbocycles. The molecule has 2 heterocycles. The maximum Gasteiger partial charge on any atom is 0.343 e. The van der Waals surface area contributed by atoms with Gasteiger partial charge in [0, 0.05) is 43.5 Å². The average molecular weight is 625 g/mol. The number of nitrogens with zero attached hydrogens (tertiary/aromatic N) is 6. The summed E-state index contributed by atoms with van der Waals surface area (Å²) in [7, 11) is 7.42. The highest BCUT2D eigenvalue weighted by Crippen LogP contribution is 2.40. The lowest BCUT2D eigenvalue weighted by atomic mass is 10.1. The first-order valence-corrected chi connectivity index (χ1v) is 14.6. The van der Waals surface area contributed by atoms with Crippen molar-refractivity contribution < 1.29 is 23.9 Å². The smallest absolute Gasteiger partial charge is 0.343 e. The molecule has 2 N–H and O–H groups in total. The van der Waals surface area contributed by atoms with E-state index in [1.54, 1.807) is 38.1 Å². The minimum Gasteiger partial charge on any atom is -0.494 e. The van der Waals surface area contributed by atoms with Crippen molar-refractivity contribution in [3.8, 4) is 22.8 Å². The minimum atomic E-state index is -0.643. The van der Waals surface area contributed by atoms with Crippen LogP contribution in [-0.4, -0.2) is 89.8 Å². The van der Waals surface area contributed by atoms with Gasteiger partial charge in [-0.15, -0.1) is 0 Å². The zero-order valence-corrected chi connectivity index (χ0v) is 26.6. The number of ketones is 1. The van der Waals surface area contributed by atoms with E-state index >= 15 is 0 Å². The highest BCUT2D eigenvalue weighted by Gasteiger charge is 2.33. The molecule has 2 aromatic heterocycles. The van der Waals surface area contributed by atoms with Gasteiger partial charge in [-0.05, 0) is 40.1 Å². The summed E-state index contributed by atoms with van der Waals surface area (Å²) in [4.78, 5) is 51.9. The molecule has 0 saturated heterocycles. The molecule has 2 aromatic carbocycles. The maximum atomic E-state index is 13.2. The van der Waals surface area contributed by atoms with E-state index in [9.17, 15) is 14.4 Å². The van der Waals surface area contributed by atoms with Gasteiger partial charge in [-0.25, -0.2) is 14.5 Å². The number of carbonyl (C=O) groups excluding carboxylic acids is 3. The highest BCUT2D eigenvalue weighted by atomic mass is 16.5. The number of hydrogen-bond donors (Lipinski definition) is 2. The fourth-order valence-electron chi connectivity index (χ4n) is 5.01. The van der Waals surface area contributed by atoms with E-state index in [0.717, 1.165) is 12.2 Å². The predicted molar refractivity (Wildman–Crippen MR) is 176 cm³/mol. The van der Waals surface area contributed by atoms with Gasteiger partial charge >= 0.3 is 5.97 Å². The molecule has 0 fully saturated rings. The number of ether oxygens (including phenoxy) is 2. The Labute approximate surface area is 266 Å². The molecule has 238 valence electrons. The van der Waals surface area contributed by atoms with Crippen LogP contribution in [0.4, 0.5) is 23.0 Å². The summed E-state index contributed by atoms with van der Waals surface area (Å²) in [5.41, 5.74) is 3.87. The Bertz CT molecular complexity index is 1830. The number of hydrogen-bond acceptors (Lipinski definition) is 11. The Kier molecular flexibility index (Phi) is 9.14. The fourth-order valence-corrected chi connectivity index (χ4v) is 5.01. The average Bonchev–Trinajstić information content (AvgIpc) is 3.59. The first-order chi connectivity index (χ1) is 22.0. The molecule has 1 aliphatic rings. The maximum absolute atomic E-state index is 13.2. The third-order valence-corrected chi connectivity index (χ3v) is 7.27. The van der Waals surface area contributed by atoms with E-state index in [-0.39, 0.29) is 29.0 Å². The Morgan fingerprint density at radius 1 is 1.04 bits per heavy atom. The number of benzene rings is 2. The highest BCUT2D eigenvalue weighted by molar-refractivity contribution is 6.21. The molecule has 5 rings (SSSR count). The van der Waals surface area contributed by atoms with Gasteiger partial charge in [0.1, 0.15) is 11.3 Å². The molecule has 4 aromatic rings. The van der Waals surface area contributed by atoms with Gasteiger partial charge in [-0.1, -0.05) is 30.8 Å². The van der Waals surface area contributed by atoms with Crippen molar-refractivity contribution in [1.29, 1.82) is 0 Å². The van der Waals surface area contributed by atoms with Crippen molar-refractivity contribution in [2.45, 2.75) is 20.0 Å². The molecule has 13 nitrogen and oxygen atoms in total. The summed E-state index contributed by atoms with van der Waals surface area (Å²) < 4.78 is 12.7. The Morgan fingerprint density at radius 2 is 1.78 bits per heavy atom. The topological polar surface area (TPSA) is 144 Å². The second kappa shape index (κ2) is 13.2. The third-order valence-electron chi connectivity index (χ3n) is 7.27. The minimum absolute atomic E-state index is 0.0609. The van der Waals surface area contributed by atoms with Crippen LogP contribution in [0.3, 0.4) is 0 Å². The lowest BCUT2D eigenvalue weighted by molar-refractivity contribution is -0.111. The molecule has 0 unspecified atom stereocenters. The Balaban J connectivity index is 1.61. The first kappa shape index (κ1) is 31.9. The van der Waals surface area contributed by atoms with E-state index in [0.29, 0.717) is 46.1 Å². The number of fused-ring (bicyclic) bond motifs is 3. The van der Waals surface area contributed by atoms with Gasteiger partial charge in [-0.3, -0.25) is 9.59 Å². The van der Waals surface area contributed by atoms with E-state index in [1.807, 2.05) is 38.2 Å². The van der Waals surface area contributed by atoms with Crippen LogP contribution in [0.15, 0.2) is 61.4 Å². The van der Waals surface area contributed by atoms with E-state index in [4.69, 9.17) is 14.5 Å². The number of aromatic nitrogens is 4. The number of esters is 1. The molecule has 46 heavy (non-hydrogen) atoms. The molecule has 0 atom stereocenters. The van der Waals surface area contributed by atoms with E-state index in [2.05, 4.69) is 32.2 Å². The van der Waals surface area contributed by atoms with Crippen LogP contribution in [0.5, 0.6) is 5.75 Å². The summed E-state index contributed by atoms with van der Waals surface area (Å²) in [6, 6.07) is 10.7. The summed E-state index contributed by atoms with van der Waals surface area (Å²) >= 11 is 0. The molecule has 1 amide bonds. The number of carbonyl (C=O) groups is 3. The molecule has 0 spiro atoms. The van der Waals surface area contributed by atoms with Crippen LogP contribution in [-0.2, 0) is 9.53 Å². The van der Waals surface area contributed by atoms with E-state index in [1.165, 1.54) is 30.3 Å². The fraction of sp³-hybridized carbons (Fsp3) is 0.273. The quantitative estimate of drug-likeness (QED) is 0.151. The predicted octanol–water partition coefficient (Wildman–Crippen LogP) is 4.31. The number of amides is 1. The number of methoxy groups -OCH3 is 1. The molecule has 0 saturated carbocycles. The van der Waals surface area contributed by atoms with Crippen LogP contribution in [0.25, 0.3) is 17.1 Å². The lowest BCUT2D eigenvalue weighted by Crippen LogP contribution is -2.29. The summed E-state index contributed by atoms with van der Waals surface area (Å²) in [6.07, 6.45) is 3.61. The molecule has 13 heteroatoms. The summed E-state index contributed by atoms with van der Waals surface area (Å²) in [6.45, 7) is 8.52. The zero-order valence-electron chi connectivity index (χ0n) is 26.6. The number of nitrogens with one attached hydrogen (secondary N) is 2. The molecule has 0 bridgehead atoms. The molecule has 0 aliphatic heterocycles. The Hall–Kier alpha value is -5.56. The van der Waals surface area contributed by atoms with Crippen molar-refractivity contribution >= 4 is 40.7 Å². The SMILES string of the molecule is C=CC(=O)Nc1cc(Nc2ncc(C(=O)OC(C)C)c(-n3ncc4c3-c3ccccc3C4=O)n2)c(OC)cc1N(C)CCN(C)C. The summed E-state index contributed by atoms with van der Waals surface area (Å²) in [5, 5.41) is 10.5. The van der Waals surface area contributed by atoms with Gasteiger partial charge < -0.3 is 29.9 Å². The normalized spacial score (nSPS) is 11.7. The number of rotatable bonds is 12. The zero-order chi connectivity index (χ0) is 33.1. The molecular formula is C33H36N8O5. The van der Waals surface area contributed by atoms with Crippen molar-refractivity contribution in [3.63, 3.8) is 0 Å². The van der Waals surface area contributed by atoms with Gasteiger partial charge in [0.25, 0.3) is 0 Å². The largest absolute Gasteiger partial charge is 0.494 e. The molecular weight excluding hydrogens is 588 g/mol. The second-order valence-electron chi connectivity index (χ2n) is 11.2. The summed E-state index contributed by atoms with van der Waals surface area (Å²) in [5.74, 6) is -0.511. The van der Waals surface area contributed by atoms with Crippen molar-refractivity contribution in [2.24, 2.45) is 0 Å². The first-order valence-electron chi connectivity index (χ1n) is 14.6. The third kappa shape index (κ3) is 6.31. The van der Waals surface area contributed by atoms with E-state index < -0.39 is 12.1 Å². The van der Waals surface area contributed by atoms with Crippen LogP contribution in [0, 0.1) is 0 Å². The standard InChI is InChI=1S/C33H36N8O5/c1-8-28(42)36-24-15-25(27(45-7)16-26(24)40(6)14-13-39(4)5)37-33-34-17-23(32(44)46-19(2)3)31(38-33)41-29-20-11-9-10-12-21(20)30(43)22(29)18-35-41/h8-12,15-19H,1,13-14H2,2-7H3,(H,36,42)(H,34,37,38). The van der Waals surface area contributed by atoms with Crippen LogP contribution < -0.4 is 20.3 Å². The molecule has 0 radical (unpaired) electrons. The van der Waals surface area contributed by atoms with Crippen LogP contribution >= 0.6 is 0 Å². The van der Waals surface area contributed by atoms with Crippen LogP contribution in [0.1, 0.15) is 40.1 Å². The van der Waals surface area contributed by atoms with Crippen molar-refractivity contribution in [3.05, 3.63) is 78.1 Å². The van der Waals surface area contributed by atoms with Gasteiger partial charge in [0.2, 0.25) is 11.9 Å². The van der Waals surface area contributed by atoms with Gasteiger partial charge in [0.05, 0.1) is 47.7 Å². The van der Waals surface area contributed by atoms with Gasteiger partial charge in [0.15, 0.2) is 11.6 Å². The number of anilines is 4.